The van der Waals surface area contributed by atoms with Crippen molar-refractivity contribution in [3.8, 4) is 22.0 Å². The van der Waals surface area contributed by atoms with Crippen molar-refractivity contribution in [3.63, 3.8) is 0 Å². The lowest BCUT2D eigenvalue weighted by atomic mass is 9.89. The van der Waals surface area contributed by atoms with Gasteiger partial charge in [0.2, 0.25) is 5.91 Å². The van der Waals surface area contributed by atoms with E-state index in [4.69, 9.17) is 4.98 Å². The Labute approximate surface area is 202 Å². The van der Waals surface area contributed by atoms with Crippen LogP contribution in [0.2, 0.25) is 0 Å². The Morgan fingerprint density at radius 1 is 0.882 bits per heavy atom. The van der Waals surface area contributed by atoms with Crippen LogP contribution in [0.1, 0.15) is 47.2 Å². The fourth-order valence-electron chi connectivity index (χ4n) is 4.27. The van der Waals surface area contributed by atoms with Crippen LogP contribution in [0.25, 0.3) is 22.0 Å². The highest BCUT2D eigenvalue weighted by Crippen LogP contribution is 2.29. The molecule has 5 rings (SSSR count). The number of hydrogen-bond acceptors (Lipinski definition) is 5. The van der Waals surface area contributed by atoms with Gasteiger partial charge in [0, 0.05) is 41.2 Å². The third-order valence-electron chi connectivity index (χ3n) is 6.08. The summed E-state index contributed by atoms with van der Waals surface area (Å²) in [6.07, 6.45) is 6.63. The first kappa shape index (κ1) is 22.2. The number of benzene rings is 2. The van der Waals surface area contributed by atoms with E-state index in [0.29, 0.717) is 11.3 Å². The SMILES string of the molecule is O=C(CCC(=O)c1ccc2c(c1)CCCC2)Nc1cccc(-c2csc(-c3ccccn3)n2)c1. The third-order valence-corrected chi connectivity index (χ3v) is 6.94. The van der Waals surface area contributed by atoms with Crippen molar-refractivity contribution in [2.24, 2.45) is 0 Å². The number of Topliss-reactive ketones (excluding diaryl/α,β-unsaturated/α-hetero) is 1. The number of hydrogen-bond donors (Lipinski definition) is 1. The molecule has 1 N–H and O–H groups in total. The largest absolute Gasteiger partial charge is 0.326 e. The van der Waals surface area contributed by atoms with E-state index >= 15 is 0 Å². The molecule has 170 valence electrons. The van der Waals surface area contributed by atoms with Crippen molar-refractivity contribution in [3.05, 3.63) is 88.9 Å². The van der Waals surface area contributed by atoms with Gasteiger partial charge < -0.3 is 5.32 Å². The highest BCUT2D eigenvalue weighted by molar-refractivity contribution is 7.13. The molecule has 0 spiro atoms. The number of carbonyl (C=O) groups excluding carboxylic acids is 2. The first-order valence-electron chi connectivity index (χ1n) is 11.6. The van der Waals surface area contributed by atoms with Crippen LogP contribution in [0.4, 0.5) is 5.69 Å². The van der Waals surface area contributed by atoms with Crippen molar-refractivity contribution < 1.29 is 9.59 Å². The summed E-state index contributed by atoms with van der Waals surface area (Å²) >= 11 is 1.54. The molecule has 6 heteroatoms. The number of nitrogens with zero attached hydrogens (tertiary/aromatic N) is 2. The number of carbonyl (C=O) groups is 2. The summed E-state index contributed by atoms with van der Waals surface area (Å²) in [4.78, 5) is 34.2. The molecule has 2 aromatic carbocycles. The predicted molar refractivity (Wildman–Crippen MR) is 136 cm³/mol. The number of anilines is 1. The Balaban J connectivity index is 1.20. The minimum Gasteiger partial charge on any atom is -0.326 e. The molecular formula is C28H25N3O2S. The van der Waals surface area contributed by atoms with Crippen molar-refractivity contribution in [2.45, 2.75) is 38.5 Å². The average molecular weight is 468 g/mol. The highest BCUT2D eigenvalue weighted by Gasteiger charge is 2.15. The van der Waals surface area contributed by atoms with Crippen LogP contribution in [-0.2, 0) is 17.6 Å². The van der Waals surface area contributed by atoms with Crippen molar-refractivity contribution in [1.82, 2.24) is 9.97 Å². The van der Waals surface area contributed by atoms with Crippen LogP contribution in [0.3, 0.4) is 0 Å². The lowest BCUT2D eigenvalue weighted by Gasteiger charge is -2.16. The number of nitrogens with one attached hydrogen (secondary N) is 1. The number of pyridine rings is 1. The minimum absolute atomic E-state index is 0.0156. The molecule has 1 amide bonds. The maximum absolute atomic E-state index is 12.7. The standard InChI is InChI=1S/C28H25N3O2S/c32-26(22-12-11-19-6-1-2-7-20(19)16-22)13-14-27(33)30-23-9-5-8-21(17-23)25-18-34-28(31-25)24-10-3-4-15-29-24/h3-5,8-12,15-18H,1-2,6-7,13-14H2,(H,30,33). The molecule has 4 aromatic rings. The van der Waals surface area contributed by atoms with E-state index < -0.39 is 0 Å². The quantitative estimate of drug-likeness (QED) is 0.321. The minimum atomic E-state index is -0.170. The van der Waals surface area contributed by atoms with E-state index in [2.05, 4.69) is 16.4 Å². The number of thiazole rings is 1. The van der Waals surface area contributed by atoms with Gasteiger partial charge in [0.05, 0.1) is 11.4 Å². The molecule has 1 aliphatic rings. The second kappa shape index (κ2) is 10.1. The van der Waals surface area contributed by atoms with E-state index in [-0.39, 0.29) is 24.5 Å². The Kier molecular flexibility index (Phi) is 6.58. The molecule has 0 radical (unpaired) electrons. The van der Waals surface area contributed by atoms with E-state index in [1.165, 1.54) is 35.3 Å². The molecule has 0 unspecified atom stereocenters. The summed E-state index contributed by atoms with van der Waals surface area (Å²) in [7, 11) is 0. The summed E-state index contributed by atoms with van der Waals surface area (Å²) in [6.45, 7) is 0. The van der Waals surface area contributed by atoms with Crippen LogP contribution in [0.15, 0.2) is 72.2 Å². The maximum atomic E-state index is 12.7. The molecule has 0 fully saturated rings. The lowest BCUT2D eigenvalue weighted by Crippen LogP contribution is -2.14. The maximum Gasteiger partial charge on any atom is 0.224 e. The van der Waals surface area contributed by atoms with Gasteiger partial charge in [0.1, 0.15) is 5.01 Å². The molecule has 0 saturated heterocycles. The number of rotatable bonds is 7. The molecule has 2 heterocycles. The van der Waals surface area contributed by atoms with Crippen LogP contribution in [-0.4, -0.2) is 21.7 Å². The van der Waals surface area contributed by atoms with Gasteiger partial charge >= 0.3 is 0 Å². The predicted octanol–water partition coefficient (Wildman–Crippen LogP) is 6.35. The molecule has 0 aliphatic heterocycles. The van der Waals surface area contributed by atoms with Gasteiger partial charge in [0.15, 0.2) is 5.78 Å². The number of aryl methyl sites for hydroxylation is 2. The Hall–Kier alpha value is -3.64. The van der Waals surface area contributed by atoms with E-state index in [1.54, 1.807) is 6.20 Å². The van der Waals surface area contributed by atoms with Crippen molar-refractivity contribution in [1.29, 1.82) is 0 Å². The van der Waals surface area contributed by atoms with Gasteiger partial charge in [-0.05, 0) is 67.1 Å². The third kappa shape index (κ3) is 5.13. The van der Waals surface area contributed by atoms with Gasteiger partial charge in [-0.15, -0.1) is 11.3 Å². The molecule has 0 atom stereocenters. The van der Waals surface area contributed by atoms with Crippen LogP contribution < -0.4 is 5.32 Å². The van der Waals surface area contributed by atoms with Gasteiger partial charge in [-0.25, -0.2) is 4.98 Å². The number of fused-ring (bicyclic) bond motifs is 1. The van der Waals surface area contributed by atoms with Crippen molar-refractivity contribution >= 4 is 28.7 Å². The van der Waals surface area contributed by atoms with E-state index in [9.17, 15) is 9.59 Å². The molecule has 1 aliphatic carbocycles. The van der Waals surface area contributed by atoms with Gasteiger partial charge in [-0.3, -0.25) is 14.6 Å². The molecule has 0 saturated carbocycles. The lowest BCUT2D eigenvalue weighted by molar-refractivity contribution is -0.116. The van der Waals surface area contributed by atoms with Gasteiger partial charge in [-0.2, -0.15) is 0 Å². The topological polar surface area (TPSA) is 72.0 Å². The summed E-state index contributed by atoms with van der Waals surface area (Å²) in [5, 5.41) is 5.76. The fraction of sp³-hybridized carbons (Fsp3) is 0.214. The van der Waals surface area contributed by atoms with E-state index in [1.807, 2.05) is 60.0 Å². The molecule has 5 nitrogen and oxygen atoms in total. The van der Waals surface area contributed by atoms with Crippen LogP contribution >= 0.6 is 11.3 Å². The highest BCUT2D eigenvalue weighted by atomic mass is 32.1. The van der Waals surface area contributed by atoms with Crippen LogP contribution in [0, 0.1) is 0 Å². The van der Waals surface area contributed by atoms with Gasteiger partial charge in [0.25, 0.3) is 0 Å². The summed E-state index contributed by atoms with van der Waals surface area (Å²) in [5.74, 6) is -0.155. The number of ketones is 1. The zero-order chi connectivity index (χ0) is 23.3. The zero-order valence-corrected chi connectivity index (χ0v) is 19.6. The number of aromatic nitrogens is 2. The second-order valence-corrected chi connectivity index (χ2v) is 9.35. The zero-order valence-electron chi connectivity index (χ0n) is 18.8. The summed E-state index contributed by atoms with van der Waals surface area (Å²) in [5.41, 5.74) is 6.63. The molecule has 2 aromatic heterocycles. The monoisotopic (exact) mass is 467 g/mol. The summed E-state index contributed by atoms with van der Waals surface area (Å²) in [6, 6.07) is 19.4. The Morgan fingerprint density at radius 3 is 2.62 bits per heavy atom. The average Bonchev–Trinajstić information content (AvgIpc) is 3.38. The van der Waals surface area contributed by atoms with Crippen LogP contribution in [0.5, 0.6) is 0 Å². The Bertz CT molecular complexity index is 1330. The van der Waals surface area contributed by atoms with Crippen molar-refractivity contribution in [2.75, 3.05) is 5.32 Å². The van der Waals surface area contributed by atoms with Gasteiger partial charge in [-0.1, -0.05) is 30.3 Å². The molecular weight excluding hydrogens is 442 g/mol. The smallest absolute Gasteiger partial charge is 0.224 e. The first-order valence-corrected chi connectivity index (χ1v) is 12.5. The molecule has 34 heavy (non-hydrogen) atoms. The summed E-state index contributed by atoms with van der Waals surface area (Å²) < 4.78 is 0. The first-order chi connectivity index (χ1) is 16.7. The molecule has 0 bridgehead atoms. The van der Waals surface area contributed by atoms with E-state index in [0.717, 1.165) is 34.8 Å². The second-order valence-electron chi connectivity index (χ2n) is 8.50. The normalized spacial score (nSPS) is 12.7. The Morgan fingerprint density at radius 2 is 1.76 bits per heavy atom. The fourth-order valence-corrected chi connectivity index (χ4v) is 5.08. The number of amides is 1.